The average Bonchev–Trinajstić information content (AvgIpc) is 2.86. The van der Waals surface area contributed by atoms with Crippen molar-refractivity contribution in [3.8, 4) is 0 Å². The van der Waals surface area contributed by atoms with Crippen molar-refractivity contribution in [3.05, 3.63) is 46.6 Å². The number of aryl methyl sites for hydroxylation is 1. The van der Waals surface area contributed by atoms with Crippen molar-refractivity contribution in [1.82, 2.24) is 9.97 Å². The third kappa shape index (κ3) is 3.03. The number of rotatable bonds is 4. The zero-order chi connectivity index (χ0) is 17.3. The fourth-order valence-electron chi connectivity index (χ4n) is 2.24. The van der Waals surface area contributed by atoms with Crippen LogP contribution in [0, 0.1) is 12.7 Å². The lowest BCUT2D eigenvalue weighted by atomic mass is 10.2. The molecule has 8 heteroatoms. The van der Waals surface area contributed by atoms with Crippen LogP contribution in [-0.2, 0) is 4.74 Å². The van der Waals surface area contributed by atoms with E-state index in [0.717, 1.165) is 0 Å². The molecule has 0 saturated carbocycles. The molecule has 0 unspecified atom stereocenters. The Balaban J connectivity index is 2.02. The molecule has 0 bridgehead atoms. The molecule has 0 saturated heterocycles. The lowest BCUT2D eigenvalue weighted by Crippen LogP contribution is -2.06. The molecule has 0 amide bonds. The summed E-state index contributed by atoms with van der Waals surface area (Å²) in [7, 11) is 0. The first kappa shape index (κ1) is 16.2. The van der Waals surface area contributed by atoms with Crippen LogP contribution < -0.4 is 5.32 Å². The van der Waals surface area contributed by atoms with E-state index in [9.17, 15) is 9.18 Å². The highest BCUT2D eigenvalue weighted by atomic mass is 35.5. The second-order valence-electron chi connectivity index (χ2n) is 4.90. The van der Waals surface area contributed by atoms with E-state index in [0.29, 0.717) is 16.8 Å². The Morgan fingerprint density at radius 3 is 2.71 bits per heavy atom. The molecule has 0 fully saturated rings. The minimum atomic E-state index is -0.543. The van der Waals surface area contributed by atoms with Crippen molar-refractivity contribution in [3.63, 3.8) is 0 Å². The number of benzene rings is 1. The Morgan fingerprint density at radius 1 is 1.33 bits per heavy atom. The van der Waals surface area contributed by atoms with Crippen LogP contribution in [0.1, 0.15) is 23.0 Å². The van der Waals surface area contributed by atoms with Gasteiger partial charge in [0.25, 0.3) is 0 Å². The Kier molecular flexibility index (Phi) is 4.35. The third-order valence-corrected chi connectivity index (χ3v) is 3.54. The maximum absolute atomic E-state index is 12.9. The molecular weight excluding hydrogens is 337 g/mol. The number of hydrogen-bond donors (Lipinski definition) is 1. The summed E-state index contributed by atoms with van der Waals surface area (Å²) >= 11 is 6.20. The molecule has 0 spiro atoms. The zero-order valence-corrected chi connectivity index (χ0v) is 13.6. The Hall–Kier alpha value is -2.67. The number of fused-ring (bicyclic) bond motifs is 1. The molecule has 24 heavy (non-hydrogen) atoms. The summed E-state index contributed by atoms with van der Waals surface area (Å²) in [6.07, 6.45) is 0. The highest BCUT2D eigenvalue weighted by molar-refractivity contribution is 6.35. The number of furan rings is 1. The first-order valence-electron chi connectivity index (χ1n) is 7.16. The number of carbonyl (C=O) groups excluding carboxylic acids is 1. The first-order valence-corrected chi connectivity index (χ1v) is 7.53. The minimum Gasteiger partial charge on any atom is -0.462 e. The monoisotopic (exact) mass is 349 g/mol. The summed E-state index contributed by atoms with van der Waals surface area (Å²) in [6.45, 7) is 3.56. The molecule has 0 radical (unpaired) electrons. The molecular formula is C16H13ClFN3O3. The van der Waals surface area contributed by atoms with E-state index in [1.165, 1.54) is 24.3 Å². The van der Waals surface area contributed by atoms with Gasteiger partial charge in [-0.2, -0.15) is 9.97 Å². The quantitative estimate of drug-likeness (QED) is 0.560. The molecule has 2 heterocycles. The van der Waals surface area contributed by atoms with Gasteiger partial charge in [0.2, 0.25) is 11.7 Å². The molecule has 6 nitrogen and oxygen atoms in total. The maximum atomic E-state index is 12.9. The molecule has 1 N–H and O–H groups in total. The summed E-state index contributed by atoms with van der Waals surface area (Å²) in [5, 5.41) is 3.26. The molecule has 3 aromatic rings. The number of halogens is 2. The molecule has 124 valence electrons. The van der Waals surface area contributed by atoms with Crippen LogP contribution in [0.2, 0.25) is 5.15 Å². The molecule has 0 atom stereocenters. The van der Waals surface area contributed by atoms with Gasteiger partial charge >= 0.3 is 5.97 Å². The number of nitrogens with zero attached hydrogens (tertiary/aromatic N) is 2. The standard InChI is InChI=1S/C16H13ClFN3O3/c1-3-23-15(22)11-8(2)24-14-12(11)13(17)20-16(21-14)19-10-6-4-9(18)5-7-10/h4-7H,3H2,1-2H3,(H,19,20,21). The maximum Gasteiger partial charge on any atom is 0.342 e. The Morgan fingerprint density at radius 2 is 2.04 bits per heavy atom. The topological polar surface area (TPSA) is 77.2 Å². The van der Waals surface area contributed by atoms with Crippen molar-refractivity contribution in [2.75, 3.05) is 11.9 Å². The number of anilines is 2. The van der Waals surface area contributed by atoms with Gasteiger partial charge in [-0.1, -0.05) is 11.6 Å². The lowest BCUT2D eigenvalue weighted by Gasteiger charge is -2.05. The van der Waals surface area contributed by atoms with Crippen LogP contribution in [0.5, 0.6) is 0 Å². The Labute approximate surface area is 141 Å². The number of hydrogen-bond acceptors (Lipinski definition) is 6. The van der Waals surface area contributed by atoms with Crippen molar-refractivity contribution in [2.45, 2.75) is 13.8 Å². The number of aromatic nitrogens is 2. The van der Waals surface area contributed by atoms with E-state index in [2.05, 4.69) is 15.3 Å². The summed E-state index contributed by atoms with van der Waals surface area (Å²) in [4.78, 5) is 20.4. The largest absolute Gasteiger partial charge is 0.462 e. The van der Waals surface area contributed by atoms with Crippen molar-refractivity contribution in [1.29, 1.82) is 0 Å². The summed E-state index contributed by atoms with van der Waals surface area (Å²) in [5.74, 6) is -0.379. The molecule has 2 aromatic heterocycles. The summed E-state index contributed by atoms with van der Waals surface area (Å²) < 4.78 is 23.5. The predicted octanol–water partition coefficient (Wildman–Crippen LogP) is 4.24. The van der Waals surface area contributed by atoms with E-state index in [1.54, 1.807) is 13.8 Å². The number of carbonyl (C=O) groups is 1. The fraction of sp³-hybridized carbons (Fsp3) is 0.188. The van der Waals surface area contributed by atoms with Crippen LogP contribution in [0.15, 0.2) is 28.7 Å². The van der Waals surface area contributed by atoms with Gasteiger partial charge in [-0.25, -0.2) is 9.18 Å². The SMILES string of the molecule is CCOC(=O)c1c(C)oc2nc(Nc3ccc(F)cc3)nc(Cl)c12. The van der Waals surface area contributed by atoms with Crippen LogP contribution in [-0.4, -0.2) is 22.5 Å². The van der Waals surface area contributed by atoms with E-state index >= 15 is 0 Å². The van der Waals surface area contributed by atoms with E-state index in [4.69, 9.17) is 20.8 Å². The van der Waals surface area contributed by atoms with Crippen LogP contribution in [0.25, 0.3) is 11.1 Å². The molecule has 0 aliphatic rings. The Bertz CT molecular complexity index is 909. The van der Waals surface area contributed by atoms with Crippen molar-refractivity contribution >= 4 is 40.3 Å². The number of ether oxygens (including phenoxy) is 1. The third-order valence-electron chi connectivity index (χ3n) is 3.26. The van der Waals surface area contributed by atoms with Gasteiger partial charge in [-0.3, -0.25) is 0 Å². The number of esters is 1. The predicted molar refractivity (Wildman–Crippen MR) is 87.2 cm³/mol. The molecule has 3 rings (SSSR count). The lowest BCUT2D eigenvalue weighted by molar-refractivity contribution is 0.0526. The second-order valence-corrected chi connectivity index (χ2v) is 5.26. The van der Waals surface area contributed by atoms with E-state index in [1.807, 2.05) is 0 Å². The first-order chi connectivity index (χ1) is 11.5. The molecule has 0 aliphatic carbocycles. The van der Waals surface area contributed by atoms with Gasteiger partial charge in [0.1, 0.15) is 22.3 Å². The van der Waals surface area contributed by atoms with Crippen LogP contribution >= 0.6 is 11.6 Å². The highest BCUT2D eigenvalue weighted by Gasteiger charge is 2.24. The average molecular weight is 350 g/mol. The normalized spacial score (nSPS) is 10.8. The van der Waals surface area contributed by atoms with Gasteiger partial charge in [0.05, 0.1) is 12.0 Å². The van der Waals surface area contributed by atoms with Gasteiger partial charge in [-0.15, -0.1) is 0 Å². The highest BCUT2D eigenvalue weighted by Crippen LogP contribution is 2.31. The summed E-state index contributed by atoms with van der Waals surface area (Å²) in [6, 6.07) is 5.68. The van der Waals surface area contributed by atoms with Crippen LogP contribution in [0.3, 0.4) is 0 Å². The van der Waals surface area contributed by atoms with Crippen LogP contribution in [0.4, 0.5) is 16.0 Å². The number of nitrogens with one attached hydrogen (secondary N) is 1. The zero-order valence-electron chi connectivity index (χ0n) is 12.9. The minimum absolute atomic E-state index is 0.0597. The van der Waals surface area contributed by atoms with Gasteiger partial charge < -0.3 is 14.5 Å². The molecule has 0 aliphatic heterocycles. The summed E-state index contributed by atoms with van der Waals surface area (Å²) in [5.41, 5.74) is 0.964. The van der Waals surface area contributed by atoms with Crippen molar-refractivity contribution in [2.24, 2.45) is 0 Å². The smallest absolute Gasteiger partial charge is 0.342 e. The fourth-order valence-corrected chi connectivity index (χ4v) is 2.49. The van der Waals surface area contributed by atoms with Gasteiger partial charge in [-0.05, 0) is 38.1 Å². The van der Waals surface area contributed by atoms with E-state index < -0.39 is 5.97 Å². The van der Waals surface area contributed by atoms with Gasteiger partial charge in [0, 0.05) is 5.69 Å². The van der Waals surface area contributed by atoms with Crippen molar-refractivity contribution < 1.29 is 18.3 Å². The molecule has 1 aromatic carbocycles. The second kappa shape index (κ2) is 6.45. The van der Waals surface area contributed by atoms with Gasteiger partial charge in [0.15, 0.2) is 0 Å². The van der Waals surface area contributed by atoms with E-state index in [-0.39, 0.29) is 34.8 Å².